The Morgan fingerprint density at radius 2 is 1.80 bits per heavy atom. The summed E-state index contributed by atoms with van der Waals surface area (Å²) in [5.74, 6) is -0.569. The standard InChI is InChI=1S/C20H34O5/c1-12(13(22)11-21)7-8-14-19(4)10-6-9-18(2,3)16(19)15(23)17(24)20(14,5)25/h7-8,13-17,21-25H,1,6,9-11H2,2-5H3. The zero-order valence-corrected chi connectivity index (χ0v) is 15.8. The molecule has 2 saturated carbocycles. The van der Waals surface area contributed by atoms with Gasteiger partial charge in [0.05, 0.1) is 18.3 Å². The van der Waals surface area contributed by atoms with Crippen molar-refractivity contribution in [2.75, 3.05) is 6.61 Å². The number of fused-ring (bicyclic) bond motifs is 1. The molecule has 2 rings (SSSR count). The lowest BCUT2D eigenvalue weighted by atomic mass is 9.44. The van der Waals surface area contributed by atoms with E-state index in [1.807, 2.05) is 0 Å². The first-order valence-electron chi connectivity index (χ1n) is 9.14. The molecular weight excluding hydrogens is 320 g/mol. The monoisotopic (exact) mass is 354 g/mol. The highest BCUT2D eigenvalue weighted by molar-refractivity contribution is 5.25. The molecule has 0 heterocycles. The Labute approximate surface area is 150 Å². The fourth-order valence-corrected chi connectivity index (χ4v) is 5.57. The van der Waals surface area contributed by atoms with Crippen LogP contribution in [0.25, 0.3) is 0 Å². The van der Waals surface area contributed by atoms with E-state index in [4.69, 9.17) is 5.11 Å². The molecule has 7 atom stereocenters. The molecule has 0 aromatic heterocycles. The Balaban J connectivity index is 2.47. The molecule has 5 N–H and O–H groups in total. The Hall–Kier alpha value is -0.720. The van der Waals surface area contributed by atoms with Crippen LogP contribution in [0.3, 0.4) is 0 Å². The molecule has 0 radical (unpaired) electrons. The average molecular weight is 354 g/mol. The molecule has 2 aliphatic rings. The molecule has 25 heavy (non-hydrogen) atoms. The van der Waals surface area contributed by atoms with E-state index in [1.165, 1.54) is 0 Å². The first kappa shape index (κ1) is 20.6. The van der Waals surface area contributed by atoms with E-state index >= 15 is 0 Å². The van der Waals surface area contributed by atoms with Gasteiger partial charge in [0.2, 0.25) is 0 Å². The molecule has 0 aliphatic heterocycles. The molecule has 2 aliphatic carbocycles. The van der Waals surface area contributed by atoms with Gasteiger partial charge < -0.3 is 25.5 Å². The van der Waals surface area contributed by atoms with Gasteiger partial charge >= 0.3 is 0 Å². The van der Waals surface area contributed by atoms with Crippen molar-refractivity contribution in [1.29, 1.82) is 0 Å². The van der Waals surface area contributed by atoms with E-state index in [1.54, 1.807) is 19.1 Å². The van der Waals surface area contributed by atoms with Gasteiger partial charge in [-0.3, -0.25) is 0 Å². The van der Waals surface area contributed by atoms with Crippen molar-refractivity contribution in [2.45, 2.75) is 70.9 Å². The zero-order chi connectivity index (χ0) is 19.2. The largest absolute Gasteiger partial charge is 0.393 e. The van der Waals surface area contributed by atoms with Crippen LogP contribution in [0.15, 0.2) is 24.3 Å². The summed E-state index contributed by atoms with van der Waals surface area (Å²) in [7, 11) is 0. The first-order chi connectivity index (χ1) is 11.4. The Kier molecular flexibility index (Phi) is 5.59. The predicted octanol–water partition coefficient (Wildman–Crippen LogP) is 1.39. The number of aliphatic hydroxyl groups is 5. The average Bonchev–Trinajstić information content (AvgIpc) is 2.50. The van der Waals surface area contributed by atoms with Crippen LogP contribution in [-0.2, 0) is 0 Å². The van der Waals surface area contributed by atoms with Gasteiger partial charge in [-0.1, -0.05) is 45.9 Å². The summed E-state index contributed by atoms with van der Waals surface area (Å²) in [6.45, 7) is 11.2. The number of hydrogen-bond acceptors (Lipinski definition) is 5. The zero-order valence-electron chi connectivity index (χ0n) is 15.8. The van der Waals surface area contributed by atoms with Gasteiger partial charge in [0.1, 0.15) is 12.2 Å². The van der Waals surface area contributed by atoms with Crippen molar-refractivity contribution in [3.63, 3.8) is 0 Å². The number of aliphatic hydroxyl groups excluding tert-OH is 4. The quantitative estimate of drug-likeness (QED) is 0.491. The smallest absolute Gasteiger partial charge is 0.109 e. The van der Waals surface area contributed by atoms with Gasteiger partial charge in [-0.25, -0.2) is 0 Å². The maximum absolute atomic E-state index is 11.1. The van der Waals surface area contributed by atoms with Gasteiger partial charge in [0, 0.05) is 5.92 Å². The predicted molar refractivity (Wildman–Crippen MR) is 96.7 cm³/mol. The molecule has 144 valence electrons. The van der Waals surface area contributed by atoms with Crippen LogP contribution in [0.2, 0.25) is 0 Å². The van der Waals surface area contributed by atoms with Crippen molar-refractivity contribution < 1.29 is 25.5 Å². The number of rotatable bonds is 4. The summed E-state index contributed by atoms with van der Waals surface area (Å²) in [5, 5.41) is 51.3. The van der Waals surface area contributed by atoms with Crippen LogP contribution in [0.4, 0.5) is 0 Å². The Morgan fingerprint density at radius 1 is 1.20 bits per heavy atom. The highest BCUT2D eigenvalue weighted by Gasteiger charge is 2.64. The van der Waals surface area contributed by atoms with E-state index in [0.717, 1.165) is 19.3 Å². The van der Waals surface area contributed by atoms with E-state index < -0.39 is 41.9 Å². The van der Waals surface area contributed by atoms with Crippen molar-refractivity contribution in [2.24, 2.45) is 22.7 Å². The molecule has 2 fully saturated rings. The van der Waals surface area contributed by atoms with Crippen molar-refractivity contribution in [1.82, 2.24) is 0 Å². The van der Waals surface area contributed by atoms with Crippen LogP contribution in [0.1, 0.15) is 47.0 Å². The lowest BCUT2D eigenvalue weighted by molar-refractivity contribution is -0.255. The van der Waals surface area contributed by atoms with E-state index in [0.29, 0.717) is 5.57 Å². The van der Waals surface area contributed by atoms with Crippen LogP contribution < -0.4 is 0 Å². The molecule has 0 spiro atoms. The van der Waals surface area contributed by atoms with E-state index in [-0.39, 0.29) is 11.3 Å². The van der Waals surface area contributed by atoms with Crippen LogP contribution >= 0.6 is 0 Å². The SMILES string of the molecule is C=C(C=CC1C(C)(O)C(O)C(O)C2C(C)(C)CCCC21C)C(O)CO. The molecule has 7 unspecified atom stereocenters. The minimum Gasteiger partial charge on any atom is -0.393 e. The van der Waals surface area contributed by atoms with Crippen molar-refractivity contribution >= 4 is 0 Å². The molecular formula is C20H34O5. The Morgan fingerprint density at radius 3 is 2.36 bits per heavy atom. The maximum Gasteiger partial charge on any atom is 0.109 e. The summed E-state index contributed by atoms with van der Waals surface area (Å²) < 4.78 is 0. The number of hydrogen-bond donors (Lipinski definition) is 5. The molecule has 0 bridgehead atoms. The fourth-order valence-electron chi connectivity index (χ4n) is 5.57. The van der Waals surface area contributed by atoms with Crippen molar-refractivity contribution in [3.05, 3.63) is 24.3 Å². The summed E-state index contributed by atoms with van der Waals surface area (Å²) >= 11 is 0. The van der Waals surface area contributed by atoms with E-state index in [9.17, 15) is 20.4 Å². The molecule has 5 heteroatoms. The van der Waals surface area contributed by atoms with Gasteiger partial charge in [0.25, 0.3) is 0 Å². The van der Waals surface area contributed by atoms with E-state index in [2.05, 4.69) is 27.4 Å². The lowest BCUT2D eigenvalue weighted by Crippen LogP contribution is -2.69. The minimum atomic E-state index is -1.50. The van der Waals surface area contributed by atoms with Crippen molar-refractivity contribution in [3.8, 4) is 0 Å². The van der Waals surface area contributed by atoms with Gasteiger partial charge in [-0.15, -0.1) is 0 Å². The van der Waals surface area contributed by atoms with Gasteiger partial charge in [-0.05, 0) is 42.1 Å². The second-order valence-corrected chi connectivity index (χ2v) is 9.10. The second-order valence-electron chi connectivity index (χ2n) is 9.10. The Bertz CT molecular complexity index is 538. The summed E-state index contributed by atoms with van der Waals surface area (Å²) in [4.78, 5) is 0. The third-order valence-corrected chi connectivity index (χ3v) is 6.80. The van der Waals surface area contributed by atoms with Crippen LogP contribution in [-0.4, -0.2) is 56.1 Å². The third-order valence-electron chi connectivity index (χ3n) is 6.80. The summed E-state index contributed by atoms with van der Waals surface area (Å²) in [6.07, 6.45) is 2.89. The first-order valence-corrected chi connectivity index (χ1v) is 9.14. The molecule has 0 amide bonds. The third kappa shape index (κ3) is 3.33. The van der Waals surface area contributed by atoms with Gasteiger partial charge in [0.15, 0.2) is 0 Å². The summed E-state index contributed by atoms with van der Waals surface area (Å²) in [5.41, 5.74) is -1.70. The second kappa shape index (κ2) is 6.78. The fraction of sp³-hybridized carbons (Fsp3) is 0.800. The topological polar surface area (TPSA) is 101 Å². The minimum absolute atomic E-state index is 0.155. The molecule has 5 nitrogen and oxygen atoms in total. The maximum atomic E-state index is 11.1. The lowest BCUT2D eigenvalue weighted by Gasteiger charge is -2.63. The summed E-state index contributed by atoms with van der Waals surface area (Å²) in [6, 6.07) is 0. The van der Waals surface area contributed by atoms with Gasteiger partial charge in [-0.2, -0.15) is 0 Å². The molecule has 0 aromatic carbocycles. The normalized spacial score (nSPS) is 45.2. The molecule has 0 saturated heterocycles. The van der Waals surface area contributed by atoms with Crippen LogP contribution in [0.5, 0.6) is 0 Å². The highest BCUT2D eigenvalue weighted by Crippen LogP contribution is 2.62. The highest BCUT2D eigenvalue weighted by atomic mass is 16.4. The van der Waals surface area contributed by atoms with Crippen LogP contribution in [0, 0.1) is 22.7 Å². The molecule has 0 aromatic rings.